The van der Waals surface area contributed by atoms with Crippen LogP contribution in [0.4, 0.5) is 26.3 Å². The van der Waals surface area contributed by atoms with E-state index in [1.165, 1.54) is 18.2 Å². The zero-order chi connectivity index (χ0) is 18.8. The summed E-state index contributed by atoms with van der Waals surface area (Å²) in [6.07, 6.45) is -9.39. The second kappa shape index (κ2) is 6.78. The Hall–Kier alpha value is -2.51. The highest BCUT2D eigenvalue weighted by atomic mass is 19.4. The maximum absolute atomic E-state index is 13.0. The normalized spacial score (nSPS) is 12.1. The van der Waals surface area contributed by atoms with Crippen molar-refractivity contribution >= 4 is 5.78 Å². The number of carbonyl (C=O) groups excluding carboxylic acids is 1. The lowest BCUT2D eigenvalue weighted by Gasteiger charge is -2.15. The molecule has 134 valence electrons. The maximum atomic E-state index is 13.0. The Labute approximate surface area is 139 Å². The summed E-state index contributed by atoms with van der Waals surface area (Å²) < 4.78 is 82.8. The van der Waals surface area contributed by atoms with Crippen molar-refractivity contribution in [1.29, 1.82) is 0 Å². The summed E-state index contributed by atoms with van der Waals surface area (Å²) in [6, 6.07) is 7.27. The van der Waals surface area contributed by atoms with E-state index in [4.69, 9.17) is 4.74 Å². The van der Waals surface area contributed by atoms with Gasteiger partial charge in [-0.15, -0.1) is 0 Å². The molecule has 0 aromatic heterocycles. The summed E-state index contributed by atoms with van der Waals surface area (Å²) >= 11 is 0. The average Bonchev–Trinajstić information content (AvgIpc) is 2.51. The molecular formula is C17H12F6O2. The molecule has 0 bridgehead atoms. The third-order valence-corrected chi connectivity index (χ3v) is 3.39. The Morgan fingerprint density at radius 2 is 1.52 bits per heavy atom. The van der Waals surface area contributed by atoms with Crippen molar-refractivity contribution in [2.45, 2.75) is 25.9 Å². The summed E-state index contributed by atoms with van der Waals surface area (Å²) in [7, 11) is 0. The zero-order valence-electron chi connectivity index (χ0n) is 12.8. The van der Waals surface area contributed by atoms with Crippen molar-refractivity contribution in [3.8, 4) is 5.75 Å². The van der Waals surface area contributed by atoms with Crippen molar-refractivity contribution in [3.05, 3.63) is 64.7 Å². The van der Waals surface area contributed by atoms with Crippen molar-refractivity contribution in [1.82, 2.24) is 0 Å². The monoisotopic (exact) mass is 362 g/mol. The summed E-state index contributed by atoms with van der Waals surface area (Å²) in [4.78, 5) is 11.3. The standard InChI is InChI=1S/C17H12F6O2/c1-10(24)13-7-6-12(8-15(13)17(21,22)23)25-9-11-4-2-3-5-14(11)16(18,19)20/h2-8H,9H2,1H3. The van der Waals surface area contributed by atoms with E-state index in [1.54, 1.807) is 0 Å². The predicted octanol–water partition coefficient (Wildman–Crippen LogP) is 5.51. The molecule has 2 nitrogen and oxygen atoms in total. The van der Waals surface area contributed by atoms with Gasteiger partial charge in [0.25, 0.3) is 0 Å². The smallest absolute Gasteiger partial charge is 0.417 e. The van der Waals surface area contributed by atoms with Crippen LogP contribution in [0.15, 0.2) is 42.5 Å². The summed E-state index contributed by atoms with van der Waals surface area (Å²) in [5.41, 5.74) is -2.86. The molecule has 0 saturated carbocycles. The third-order valence-electron chi connectivity index (χ3n) is 3.39. The fourth-order valence-electron chi connectivity index (χ4n) is 2.24. The number of hydrogen-bond donors (Lipinski definition) is 0. The molecule has 0 atom stereocenters. The van der Waals surface area contributed by atoms with Gasteiger partial charge in [-0.05, 0) is 31.2 Å². The van der Waals surface area contributed by atoms with Crippen molar-refractivity contribution in [3.63, 3.8) is 0 Å². The molecule has 0 spiro atoms. The van der Waals surface area contributed by atoms with E-state index in [0.29, 0.717) is 6.07 Å². The van der Waals surface area contributed by atoms with E-state index >= 15 is 0 Å². The number of benzene rings is 2. The van der Waals surface area contributed by atoms with Crippen molar-refractivity contribution in [2.75, 3.05) is 0 Å². The highest BCUT2D eigenvalue weighted by Crippen LogP contribution is 2.36. The van der Waals surface area contributed by atoms with Gasteiger partial charge in [0.2, 0.25) is 0 Å². The predicted molar refractivity (Wildman–Crippen MR) is 77.2 cm³/mol. The fraction of sp³-hybridized carbons (Fsp3) is 0.235. The van der Waals surface area contributed by atoms with E-state index in [1.807, 2.05) is 0 Å². The van der Waals surface area contributed by atoms with Crippen LogP contribution in [-0.2, 0) is 19.0 Å². The van der Waals surface area contributed by atoms with E-state index in [2.05, 4.69) is 0 Å². The van der Waals surface area contributed by atoms with Crippen LogP contribution in [0, 0.1) is 0 Å². The Morgan fingerprint density at radius 1 is 0.920 bits per heavy atom. The van der Waals surface area contributed by atoms with E-state index in [-0.39, 0.29) is 11.3 Å². The lowest BCUT2D eigenvalue weighted by Crippen LogP contribution is -2.13. The highest BCUT2D eigenvalue weighted by molar-refractivity contribution is 5.95. The Balaban J connectivity index is 2.30. The number of alkyl halides is 6. The number of ether oxygens (including phenoxy) is 1. The second-order valence-electron chi connectivity index (χ2n) is 5.20. The summed E-state index contributed by atoms with van der Waals surface area (Å²) in [5.74, 6) is -1.06. The molecule has 0 unspecified atom stereocenters. The molecule has 0 aliphatic carbocycles. The molecular weight excluding hydrogens is 350 g/mol. The van der Waals surface area contributed by atoms with Gasteiger partial charge >= 0.3 is 12.4 Å². The van der Waals surface area contributed by atoms with Crippen LogP contribution in [0.5, 0.6) is 5.75 Å². The van der Waals surface area contributed by atoms with Gasteiger partial charge in [-0.25, -0.2) is 0 Å². The molecule has 0 aliphatic rings. The number of hydrogen-bond acceptors (Lipinski definition) is 2. The van der Waals surface area contributed by atoms with Gasteiger partial charge in [0, 0.05) is 11.1 Å². The second-order valence-corrected chi connectivity index (χ2v) is 5.20. The lowest BCUT2D eigenvalue weighted by molar-refractivity contribution is -0.138. The summed E-state index contributed by atoms with van der Waals surface area (Å²) in [5, 5.41) is 0. The van der Waals surface area contributed by atoms with Crippen LogP contribution in [0.25, 0.3) is 0 Å². The maximum Gasteiger partial charge on any atom is 0.417 e. The van der Waals surface area contributed by atoms with Crippen LogP contribution in [0.2, 0.25) is 0 Å². The molecule has 0 heterocycles. The quantitative estimate of drug-likeness (QED) is 0.530. The van der Waals surface area contributed by atoms with E-state index < -0.39 is 41.4 Å². The number of carbonyl (C=O) groups is 1. The third kappa shape index (κ3) is 4.52. The van der Waals surface area contributed by atoms with Gasteiger partial charge in [0.05, 0.1) is 11.1 Å². The van der Waals surface area contributed by atoms with Gasteiger partial charge in [0.15, 0.2) is 5.78 Å². The minimum Gasteiger partial charge on any atom is -0.489 e. The van der Waals surface area contributed by atoms with Crippen LogP contribution in [-0.4, -0.2) is 5.78 Å². The topological polar surface area (TPSA) is 26.3 Å². The molecule has 25 heavy (non-hydrogen) atoms. The first-order valence-electron chi connectivity index (χ1n) is 7.00. The number of halogens is 6. The van der Waals surface area contributed by atoms with Crippen LogP contribution in [0.1, 0.15) is 34.0 Å². The minimum atomic E-state index is -4.79. The Kier molecular flexibility index (Phi) is 5.10. The Morgan fingerprint density at radius 3 is 2.08 bits per heavy atom. The van der Waals surface area contributed by atoms with Crippen molar-refractivity contribution < 1.29 is 35.9 Å². The van der Waals surface area contributed by atoms with Crippen LogP contribution < -0.4 is 4.74 Å². The average molecular weight is 362 g/mol. The van der Waals surface area contributed by atoms with E-state index in [9.17, 15) is 31.1 Å². The van der Waals surface area contributed by atoms with Gasteiger partial charge < -0.3 is 4.74 Å². The number of ketones is 1. The van der Waals surface area contributed by atoms with Crippen LogP contribution >= 0.6 is 0 Å². The highest BCUT2D eigenvalue weighted by Gasteiger charge is 2.35. The molecule has 0 amide bonds. The molecule has 8 heteroatoms. The van der Waals surface area contributed by atoms with E-state index in [0.717, 1.165) is 25.1 Å². The van der Waals surface area contributed by atoms with Gasteiger partial charge in [-0.3, -0.25) is 4.79 Å². The fourth-order valence-corrected chi connectivity index (χ4v) is 2.24. The summed E-state index contributed by atoms with van der Waals surface area (Å²) in [6.45, 7) is 0.428. The van der Waals surface area contributed by atoms with Gasteiger partial charge in [0.1, 0.15) is 12.4 Å². The SMILES string of the molecule is CC(=O)c1ccc(OCc2ccccc2C(F)(F)F)cc1C(F)(F)F. The van der Waals surface area contributed by atoms with Gasteiger partial charge in [-0.1, -0.05) is 18.2 Å². The molecule has 0 N–H and O–H groups in total. The number of rotatable bonds is 4. The first kappa shape index (κ1) is 18.8. The molecule has 2 aromatic rings. The first-order chi connectivity index (χ1) is 11.5. The molecule has 2 aromatic carbocycles. The van der Waals surface area contributed by atoms with Crippen molar-refractivity contribution in [2.24, 2.45) is 0 Å². The minimum absolute atomic E-state index is 0.209. The Bertz CT molecular complexity index is 777. The number of Topliss-reactive ketones (excluding diaryl/α,β-unsaturated/α-hetero) is 1. The molecule has 2 rings (SSSR count). The lowest BCUT2D eigenvalue weighted by atomic mass is 10.0. The van der Waals surface area contributed by atoms with Gasteiger partial charge in [-0.2, -0.15) is 26.3 Å². The van der Waals surface area contributed by atoms with Crippen LogP contribution in [0.3, 0.4) is 0 Å². The molecule has 0 fully saturated rings. The largest absolute Gasteiger partial charge is 0.489 e. The molecule has 0 radical (unpaired) electrons. The zero-order valence-corrected chi connectivity index (χ0v) is 12.8. The first-order valence-corrected chi connectivity index (χ1v) is 7.00. The molecule has 0 aliphatic heterocycles. The molecule has 0 saturated heterocycles.